The second kappa shape index (κ2) is 5.19. The maximum Gasteiger partial charge on any atom is 0.273 e. The molecular formula is C13H16N4O2. The normalized spacial score (nSPS) is 12.2. The molecule has 0 aliphatic rings. The van der Waals surface area contributed by atoms with E-state index in [1.165, 1.54) is 9.58 Å². The molecule has 0 radical (unpaired) electrons. The molecule has 0 saturated heterocycles. The monoisotopic (exact) mass is 260 g/mol. The fourth-order valence-corrected chi connectivity index (χ4v) is 1.71. The number of carbonyl (C=O) groups is 1. The highest BCUT2D eigenvalue weighted by Gasteiger charge is 2.15. The fourth-order valence-electron chi connectivity index (χ4n) is 1.71. The van der Waals surface area contributed by atoms with Gasteiger partial charge in [0.15, 0.2) is 11.5 Å². The van der Waals surface area contributed by atoms with Crippen LogP contribution in [0.25, 0.3) is 5.82 Å². The van der Waals surface area contributed by atoms with E-state index in [1.54, 1.807) is 51.6 Å². The second-order valence-electron chi connectivity index (χ2n) is 4.44. The number of nitrogens with zero attached hydrogens (tertiary/aromatic N) is 4. The van der Waals surface area contributed by atoms with E-state index < -0.39 is 6.10 Å². The summed E-state index contributed by atoms with van der Waals surface area (Å²) in [6, 6.07) is 5.16. The quantitative estimate of drug-likeness (QED) is 0.894. The van der Waals surface area contributed by atoms with Crippen molar-refractivity contribution in [3.8, 4) is 5.82 Å². The Balaban J connectivity index is 2.41. The third-order valence-electron chi connectivity index (χ3n) is 2.70. The Bertz CT molecular complexity index is 590. The Morgan fingerprint density at radius 3 is 2.79 bits per heavy atom. The number of rotatable bonds is 3. The van der Waals surface area contributed by atoms with Crippen LogP contribution < -0.4 is 0 Å². The van der Waals surface area contributed by atoms with Crippen molar-refractivity contribution in [1.29, 1.82) is 0 Å². The molecule has 0 fully saturated rings. The van der Waals surface area contributed by atoms with Gasteiger partial charge in [0.1, 0.15) is 0 Å². The van der Waals surface area contributed by atoms with Crippen LogP contribution in [0.1, 0.15) is 29.1 Å². The van der Waals surface area contributed by atoms with Crippen molar-refractivity contribution < 1.29 is 9.90 Å². The lowest BCUT2D eigenvalue weighted by Crippen LogP contribution is -2.22. The zero-order valence-corrected chi connectivity index (χ0v) is 11.1. The van der Waals surface area contributed by atoms with E-state index in [-0.39, 0.29) is 5.91 Å². The Morgan fingerprint density at radius 2 is 2.16 bits per heavy atom. The van der Waals surface area contributed by atoms with Gasteiger partial charge in [-0.3, -0.25) is 4.79 Å². The van der Waals surface area contributed by atoms with Crippen LogP contribution in [0.4, 0.5) is 0 Å². The molecule has 2 rings (SSSR count). The lowest BCUT2D eigenvalue weighted by atomic mass is 10.1. The largest absolute Gasteiger partial charge is 0.389 e. The van der Waals surface area contributed by atoms with Crippen LogP contribution in [0.5, 0.6) is 0 Å². The van der Waals surface area contributed by atoms with Crippen LogP contribution in [0.15, 0.2) is 30.6 Å². The summed E-state index contributed by atoms with van der Waals surface area (Å²) in [6.45, 7) is 1.66. The summed E-state index contributed by atoms with van der Waals surface area (Å²) in [4.78, 5) is 17.5. The Kier molecular flexibility index (Phi) is 3.62. The lowest BCUT2D eigenvalue weighted by Gasteiger charge is -2.10. The molecule has 1 atom stereocenters. The minimum Gasteiger partial charge on any atom is -0.389 e. The Labute approximate surface area is 111 Å². The first-order valence-electron chi connectivity index (χ1n) is 5.91. The highest BCUT2D eigenvalue weighted by Crippen LogP contribution is 2.18. The van der Waals surface area contributed by atoms with Gasteiger partial charge in [-0.15, -0.1) is 0 Å². The van der Waals surface area contributed by atoms with Crippen LogP contribution in [-0.2, 0) is 0 Å². The van der Waals surface area contributed by atoms with Crippen molar-refractivity contribution >= 4 is 5.91 Å². The van der Waals surface area contributed by atoms with Crippen molar-refractivity contribution in [2.24, 2.45) is 0 Å². The van der Waals surface area contributed by atoms with Gasteiger partial charge in [-0.05, 0) is 19.1 Å². The van der Waals surface area contributed by atoms with E-state index in [9.17, 15) is 9.90 Å². The maximum absolute atomic E-state index is 11.8. The molecule has 6 nitrogen and oxygen atoms in total. The topological polar surface area (TPSA) is 71.2 Å². The number of pyridine rings is 1. The highest BCUT2D eigenvalue weighted by atomic mass is 16.3. The van der Waals surface area contributed by atoms with Crippen molar-refractivity contribution in [3.05, 3.63) is 41.9 Å². The van der Waals surface area contributed by atoms with E-state index in [4.69, 9.17) is 0 Å². The highest BCUT2D eigenvalue weighted by molar-refractivity contribution is 5.91. The average Bonchev–Trinajstić information content (AvgIpc) is 2.87. The molecule has 6 heteroatoms. The summed E-state index contributed by atoms with van der Waals surface area (Å²) in [5, 5.41) is 13.9. The third kappa shape index (κ3) is 2.63. The first-order chi connectivity index (χ1) is 9.00. The van der Waals surface area contributed by atoms with E-state index >= 15 is 0 Å². The van der Waals surface area contributed by atoms with Gasteiger partial charge in [0, 0.05) is 32.1 Å². The van der Waals surface area contributed by atoms with Gasteiger partial charge in [-0.1, -0.05) is 6.07 Å². The van der Waals surface area contributed by atoms with E-state index in [2.05, 4.69) is 10.1 Å². The predicted octanol–water partition coefficient (Wildman–Crippen LogP) is 1.02. The summed E-state index contributed by atoms with van der Waals surface area (Å²) in [5.74, 6) is 0.351. The molecule has 0 bridgehead atoms. The zero-order valence-electron chi connectivity index (χ0n) is 11.1. The average molecular weight is 260 g/mol. The molecule has 0 aliphatic heterocycles. The molecule has 1 N–H and O–H groups in total. The summed E-state index contributed by atoms with van der Waals surface area (Å²) >= 11 is 0. The lowest BCUT2D eigenvalue weighted by molar-refractivity contribution is 0.0821. The van der Waals surface area contributed by atoms with E-state index in [1.807, 2.05) is 0 Å². The number of carbonyl (C=O) groups excluding carboxylic acids is 1. The molecule has 2 aromatic rings. The van der Waals surface area contributed by atoms with Crippen molar-refractivity contribution in [1.82, 2.24) is 19.7 Å². The molecule has 19 heavy (non-hydrogen) atoms. The summed E-state index contributed by atoms with van der Waals surface area (Å²) in [7, 11) is 3.34. The standard InChI is InChI=1S/C13H16N4O2/c1-9(18)10-5-4-7-14-12(10)17-8-6-11(15-17)13(19)16(2)3/h4-9,18H,1-3H3/t9-/m0/s1. The summed E-state index contributed by atoms with van der Waals surface area (Å²) in [6.07, 6.45) is 2.63. The van der Waals surface area contributed by atoms with Crippen LogP contribution in [-0.4, -0.2) is 44.8 Å². The van der Waals surface area contributed by atoms with E-state index in [0.29, 0.717) is 17.1 Å². The smallest absolute Gasteiger partial charge is 0.273 e. The molecule has 2 heterocycles. The number of aliphatic hydroxyl groups excluding tert-OH is 1. The van der Waals surface area contributed by atoms with Crippen molar-refractivity contribution in [2.45, 2.75) is 13.0 Å². The van der Waals surface area contributed by atoms with Gasteiger partial charge in [0.2, 0.25) is 0 Å². The molecule has 0 aliphatic carbocycles. The second-order valence-corrected chi connectivity index (χ2v) is 4.44. The number of aromatic nitrogens is 3. The predicted molar refractivity (Wildman–Crippen MR) is 70.0 cm³/mol. The van der Waals surface area contributed by atoms with E-state index in [0.717, 1.165) is 0 Å². The van der Waals surface area contributed by atoms with Crippen molar-refractivity contribution in [3.63, 3.8) is 0 Å². The van der Waals surface area contributed by atoms with Crippen LogP contribution >= 0.6 is 0 Å². The Morgan fingerprint density at radius 1 is 1.42 bits per heavy atom. The number of hydrogen-bond acceptors (Lipinski definition) is 4. The van der Waals surface area contributed by atoms with Gasteiger partial charge < -0.3 is 10.0 Å². The Hall–Kier alpha value is -2.21. The van der Waals surface area contributed by atoms with Crippen LogP contribution in [0.3, 0.4) is 0 Å². The van der Waals surface area contributed by atoms with Gasteiger partial charge in [0.25, 0.3) is 5.91 Å². The van der Waals surface area contributed by atoms with Gasteiger partial charge in [-0.25, -0.2) is 9.67 Å². The van der Waals surface area contributed by atoms with Gasteiger partial charge >= 0.3 is 0 Å². The number of amides is 1. The molecule has 0 aromatic carbocycles. The minimum absolute atomic E-state index is 0.173. The summed E-state index contributed by atoms with van der Waals surface area (Å²) < 4.78 is 1.50. The van der Waals surface area contributed by atoms with Gasteiger partial charge in [0.05, 0.1) is 6.10 Å². The minimum atomic E-state index is -0.652. The van der Waals surface area contributed by atoms with Gasteiger partial charge in [-0.2, -0.15) is 5.10 Å². The third-order valence-corrected chi connectivity index (χ3v) is 2.70. The first-order valence-corrected chi connectivity index (χ1v) is 5.91. The molecule has 0 unspecified atom stereocenters. The molecular weight excluding hydrogens is 244 g/mol. The first kappa shape index (κ1) is 13.2. The fraction of sp³-hybridized carbons (Fsp3) is 0.308. The number of aliphatic hydroxyl groups is 1. The van der Waals surface area contributed by atoms with Crippen LogP contribution in [0.2, 0.25) is 0 Å². The molecule has 0 saturated carbocycles. The van der Waals surface area contributed by atoms with Crippen molar-refractivity contribution in [2.75, 3.05) is 14.1 Å². The summed E-state index contributed by atoms with van der Waals surface area (Å²) in [5.41, 5.74) is 1.00. The zero-order chi connectivity index (χ0) is 14.0. The van der Waals surface area contributed by atoms with Crippen LogP contribution in [0, 0.1) is 0 Å². The molecule has 1 amide bonds. The molecule has 100 valence electrons. The molecule has 0 spiro atoms. The maximum atomic E-state index is 11.8. The molecule has 2 aromatic heterocycles. The SMILES string of the molecule is C[C@H](O)c1cccnc1-n1ccc(C(=O)N(C)C)n1. The number of hydrogen-bond donors (Lipinski definition) is 1.